The Balaban J connectivity index is -0.0000157. The third-order valence-corrected chi connectivity index (χ3v) is 6.93. The molecule has 0 aromatic rings. The van der Waals surface area contributed by atoms with Gasteiger partial charge in [-0.1, -0.05) is 10.3 Å². The minimum absolute atomic E-state index is 0. The van der Waals surface area contributed by atoms with Crippen molar-refractivity contribution in [2.45, 2.75) is 24.4 Å². The fourth-order valence-corrected chi connectivity index (χ4v) is 4.06. The summed E-state index contributed by atoms with van der Waals surface area (Å²) in [7, 11) is 0. The van der Waals surface area contributed by atoms with Crippen molar-refractivity contribution in [2.24, 2.45) is 10.3 Å². The van der Waals surface area contributed by atoms with E-state index in [9.17, 15) is 69.3 Å². The fourth-order valence-electron chi connectivity index (χ4n) is 4.06. The summed E-state index contributed by atoms with van der Waals surface area (Å²) in [5, 5.41) is 105. The van der Waals surface area contributed by atoms with Crippen LogP contribution in [0.15, 0.2) is 10.3 Å². The van der Waals surface area contributed by atoms with Gasteiger partial charge in [0.1, 0.15) is 24.4 Å². The molecule has 0 heterocycles. The number of carboxylic acid groups (broad SMARTS) is 3. The Hall–Kier alpha value is -3.85. The molecular weight excluding hydrogens is 948 g/mol. The number of aliphatic hydroxyl groups is 6. The van der Waals surface area contributed by atoms with Crippen molar-refractivity contribution in [3.63, 3.8) is 0 Å². The molecular formula is C30H52GdN9O19. The van der Waals surface area contributed by atoms with Crippen molar-refractivity contribution in [1.29, 1.82) is 0 Å². The summed E-state index contributed by atoms with van der Waals surface area (Å²) in [6.07, 6.45) is -4.50. The van der Waals surface area contributed by atoms with Crippen molar-refractivity contribution >= 4 is 54.0 Å². The van der Waals surface area contributed by atoms with Crippen LogP contribution in [0.5, 0.6) is 0 Å². The minimum atomic E-state index is -1.55. The van der Waals surface area contributed by atoms with Crippen molar-refractivity contribution in [3.8, 4) is 0 Å². The minimum Gasteiger partial charge on any atom is -0.549 e. The van der Waals surface area contributed by atoms with E-state index < -0.39 is 125 Å². The molecule has 29 heteroatoms. The van der Waals surface area contributed by atoms with Gasteiger partial charge in [0.2, 0.25) is 11.8 Å². The summed E-state index contributed by atoms with van der Waals surface area (Å²) < 4.78 is 0. The SMILES string of the molecule is O.O=C([O-])CN(CCN(CC(=O)[O-])CC(=O)NCCNC(=O)CO/N=C/C(O)[C@@H](O)CO)CCN(CC(=O)[O-])CC(=O)NCCNC(=O)CO/N=C/C(O)[C@@H](O)CO.[Gd+3]. The largest absolute Gasteiger partial charge is 3.00 e. The summed E-state index contributed by atoms with van der Waals surface area (Å²) in [5.41, 5.74) is 0. The zero-order valence-electron chi connectivity index (χ0n) is 31.7. The number of aliphatic hydroxyl groups excluding tert-OH is 6. The number of aliphatic carboxylic acids is 3. The normalized spacial score (nSPS) is 13.2. The number of carbonyl (C=O) groups excluding carboxylic acids is 7. The number of carboxylic acids is 3. The van der Waals surface area contributed by atoms with E-state index in [2.05, 4.69) is 41.3 Å². The first-order valence-electron chi connectivity index (χ1n) is 17.1. The van der Waals surface area contributed by atoms with E-state index in [0.29, 0.717) is 0 Å². The average molecular weight is 1000 g/mol. The Bertz CT molecular complexity index is 1230. The van der Waals surface area contributed by atoms with Crippen LogP contribution < -0.4 is 36.6 Å². The Morgan fingerprint density at radius 3 is 1.12 bits per heavy atom. The van der Waals surface area contributed by atoms with E-state index >= 15 is 0 Å². The topological polar surface area (TPSA) is 443 Å². The fraction of sp³-hybridized carbons (Fsp3) is 0.700. The summed E-state index contributed by atoms with van der Waals surface area (Å²) >= 11 is 0. The molecule has 0 saturated carbocycles. The van der Waals surface area contributed by atoms with Crippen LogP contribution >= 0.6 is 0 Å². The monoisotopic (exact) mass is 1000 g/mol. The molecule has 59 heavy (non-hydrogen) atoms. The second kappa shape index (κ2) is 36.0. The molecule has 4 amide bonds. The molecule has 0 rings (SSSR count). The Kier molecular flexibility index (Phi) is 36.3. The first-order chi connectivity index (χ1) is 27.0. The molecule has 0 fully saturated rings. The van der Waals surface area contributed by atoms with Crippen LogP contribution in [-0.2, 0) is 43.2 Å². The second-order valence-electron chi connectivity index (χ2n) is 11.8. The molecule has 0 spiro atoms. The first-order valence-corrected chi connectivity index (χ1v) is 17.1. The second-order valence-corrected chi connectivity index (χ2v) is 11.8. The first kappa shape index (κ1) is 59.5. The maximum Gasteiger partial charge on any atom is 3.00 e. The van der Waals surface area contributed by atoms with Crippen molar-refractivity contribution in [1.82, 2.24) is 36.0 Å². The zero-order valence-corrected chi connectivity index (χ0v) is 33.9. The number of amides is 4. The zero-order chi connectivity index (χ0) is 43.2. The smallest absolute Gasteiger partial charge is 0.549 e. The molecule has 0 aliphatic heterocycles. The molecule has 12 N–H and O–H groups in total. The summed E-state index contributed by atoms with van der Waals surface area (Å²) in [6.45, 7) is -6.81. The van der Waals surface area contributed by atoms with E-state index in [-0.39, 0.29) is 97.8 Å². The number of hydrogen-bond donors (Lipinski definition) is 10. The average Bonchev–Trinajstić information content (AvgIpc) is 3.14. The van der Waals surface area contributed by atoms with Gasteiger partial charge >= 0.3 is 39.9 Å². The molecule has 1 radical (unpaired) electrons. The van der Waals surface area contributed by atoms with Crippen LogP contribution in [0.3, 0.4) is 0 Å². The van der Waals surface area contributed by atoms with Crippen LogP contribution in [-0.4, -0.2) is 241 Å². The third kappa shape index (κ3) is 33.7. The number of oxime groups is 2. The molecule has 0 aromatic carbocycles. The number of carbonyl (C=O) groups is 7. The van der Waals surface area contributed by atoms with Gasteiger partial charge in [0.15, 0.2) is 13.2 Å². The molecule has 4 atom stereocenters. The van der Waals surface area contributed by atoms with Gasteiger partial charge < -0.3 is 96.8 Å². The van der Waals surface area contributed by atoms with E-state index in [1.807, 2.05) is 0 Å². The standard InChI is InChI=1S/C30H53N9O18.Gd.H2O/c40-16-22(44)20(42)9-35-56-18-26(48)33-3-1-31-24(46)11-38(14-29(52)53)7-5-37(13-28(50)51)6-8-39(15-30(54)55)12-25(47)32-2-4-34-27(49)19-57-36-10-21(43)23(45)17-41;;/h9-10,20-23,40-45H,1-8,11-19H2,(H,31,46)(H,32,47)(H,33,48)(H,34,49)(H,50,51)(H,52,53)(H,54,55);;1H2/q;+3;/p-3/b35-9+,36-10+;;/t20?,21?,22-,23-;;/m0../s1. The molecule has 0 aromatic heterocycles. The van der Waals surface area contributed by atoms with Crippen LogP contribution in [0.4, 0.5) is 0 Å². The van der Waals surface area contributed by atoms with Gasteiger partial charge in [-0.05, 0) is 0 Å². The summed E-state index contributed by atoms with van der Waals surface area (Å²) in [5.74, 6) is -7.31. The van der Waals surface area contributed by atoms with Crippen LogP contribution in [0, 0.1) is 39.9 Å². The number of nitrogens with zero attached hydrogens (tertiary/aromatic N) is 5. The number of hydrogen-bond acceptors (Lipinski definition) is 23. The van der Waals surface area contributed by atoms with Gasteiger partial charge in [0, 0.05) is 72.0 Å². The van der Waals surface area contributed by atoms with Crippen molar-refractivity contribution < 1.29 is 135 Å². The van der Waals surface area contributed by atoms with Gasteiger partial charge in [0.05, 0.1) is 56.6 Å². The predicted octanol–water partition coefficient (Wildman–Crippen LogP) is -13.8. The van der Waals surface area contributed by atoms with Crippen LogP contribution in [0.2, 0.25) is 0 Å². The number of nitrogens with one attached hydrogen (secondary N) is 4. The summed E-state index contributed by atoms with van der Waals surface area (Å²) in [4.78, 5) is 95.3. The molecule has 2 unspecified atom stereocenters. The van der Waals surface area contributed by atoms with E-state index in [0.717, 1.165) is 22.2 Å². The maximum absolute atomic E-state index is 12.4. The molecule has 0 aliphatic carbocycles. The molecule has 28 nitrogen and oxygen atoms in total. The van der Waals surface area contributed by atoms with Crippen LogP contribution in [0.25, 0.3) is 0 Å². The Labute approximate surface area is 369 Å². The van der Waals surface area contributed by atoms with E-state index in [1.54, 1.807) is 0 Å². The van der Waals surface area contributed by atoms with Gasteiger partial charge in [-0.2, -0.15) is 0 Å². The van der Waals surface area contributed by atoms with Crippen molar-refractivity contribution in [2.75, 3.05) is 112 Å². The maximum atomic E-state index is 12.4. The quantitative estimate of drug-likeness (QED) is 0.0163. The van der Waals surface area contributed by atoms with Gasteiger partial charge in [-0.3, -0.25) is 33.9 Å². The Morgan fingerprint density at radius 1 is 0.525 bits per heavy atom. The Morgan fingerprint density at radius 2 is 0.814 bits per heavy atom. The third-order valence-electron chi connectivity index (χ3n) is 6.93. The van der Waals surface area contributed by atoms with Crippen LogP contribution in [0.1, 0.15) is 0 Å². The van der Waals surface area contributed by atoms with Crippen molar-refractivity contribution in [3.05, 3.63) is 0 Å². The predicted molar refractivity (Wildman–Crippen MR) is 187 cm³/mol. The molecule has 0 aliphatic rings. The molecule has 0 saturated heterocycles. The molecule has 0 bridgehead atoms. The van der Waals surface area contributed by atoms with E-state index in [4.69, 9.17) is 10.2 Å². The summed E-state index contributed by atoms with van der Waals surface area (Å²) in [6, 6.07) is 0. The van der Waals surface area contributed by atoms with Gasteiger partial charge in [0.25, 0.3) is 11.8 Å². The van der Waals surface area contributed by atoms with Gasteiger partial charge in [-0.25, -0.2) is 0 Å². The van der Waals surface area contributed by atoms with E-state index in [1.165, 1.54) is 4.90 Å². The van der Waals surface area contributed by atoms with Gasteiger partial charge in [-0.15, -0.1) is 0 Å². The molecule has 339 valence electrons. The number of rotatable bonds is 34.